The summed E-state index contributed by atoms with van der Waals surface area (Å²) >= 11 is 5.58. The van der Waals surface area contributed by atoms with Gasteiger partial charge in [0.25, 0.3) is 0 Å². The molecule has 1 saturated heterocycles. The van der Waals surface area contributed by atoms with Crippen molar-refractivity contribution < 1.29 is 14.3 Å². The van der Waals surface area contributed by atoms with Gasteiger partial charge in [-0.15, -0.1) is 0 Å². The van der Waals surface area contributed by atoms with E-state index in [1.807, 2.05) is 4.90 Å². The van der Waals surface area contributed by atoms with Crippen molar-refractivity contribution in [1.29, 1.82) is 0 Å². The molecule has 1 fully saturated rings. The molecule has 0 aliphatic carbocycles. The fourth-order valence-corrected chi connectivity index (χ4v) is 2.00. The van der Waals surface area contributed by atoms with E-state index in [-0.39, 0.29) is 24.4 Å². The molecular formula is C11H13ClFNO2S. The van der Waals surface area contributed by atoms with Crippen LogP contribution in [0.15, 0.2) is 18.2 Å². The summed E-state index contributed by atoms with van der Waals surface area (Å²) in [5.74, 6) is -1.63. The van der Waals surface area contributed by atoms with Gasteiger partial charge in [-0.05, 0) is 24.6 Å². The first-order valence-corrected chi connectivity index (χ1v) is 5.38. The fraction of sp³-hybridized carbons (Fsp3) is 0.364. The predicted molar refractivity (Wildman–Crippen MR) is 69.7 cm³/mol. The Bertz CT molecular complexity index is 430. The number of aliphatic carboxylic acids is 1. The standard InChI is InChI=1S/C11H11ClFNO2.H2S/c12-9-2-1-8(5-10(9)13)14-4-3-7(6-14)11(15)16;/h1-2,5,7H,3-4,6H2,(H,15,16);1H2/t7-;/m0./s1. The third kappa shape index (κ3) is 3.04. The lowest BCUT2D eigenvalue weighted by Gasteiger charge is -2.18. The van der Waals surface area contributed by atoms with Gasteiger partial charge in [0, 0.05) is 18.8 Å². The molecule has 1 aliphatic rings. The zero-order valence-corrected chi connectivity index (χ0v) is 10.7. The monoisotopic (exact) mass is 277 g/mol. The Hall–Kier alpha value is -0.940. The van der Waals surface area contributed by atoms with Crippen molar-refractivity contribution in [2.24, 2.45) is 5.92 Å². The Morgan fingerprint density at radius 2 is 2.24 bits per heavy atom. The van der Waals surface area contributed by atoms with Crippen LogP contribution in [0.5, 0.6) is 0 Å². The molecule has 1 atom stereocenters. The molecule has 0 bridgehead atoms. The molecule has 2 rings (SSSR count). The third-order valence-corrected chi connectivity index (χ3v) is 3.11. The lowest BCUT2D eigenvalue weighted by molar-refractivity contribution is -0.140. The molecule has 0 unspecified atom stereocenters. The first-order chi connectivity index (χ1) is 7.58. The van der Waals surface area contributed by atoms with Gasteiger partial charge in [-0.3, -0.25) is 4.79 Å². The molecule has 1 heterocycles. The van der Waals surface area contributed by atoms with Gasteiger partial charge >= 0.3 is 5.97 Å². The summed E-state index contributed by atoms with van der Waals surface area (Å²) in [5.41, 5.74) is 0.686. The number of rotatable bonds is 2. The normalized spacial score (nSPS) is 18.9. The van der Waals surface area contributed by atoms with Gasteiger partial charge < -0.3 is 10.0 Å². The molecule has 94 valence electrons. The van der Waals surface area contributed by atoms with Crippen LogP contribution >= 0.6 is 25.1 Å². The highest BCUT2D eigenvalue weighted by Gasteiger charge is 2.28. The van der Waals surface area contributed by atoms with Crippen LogP contribution in [-0.2, 0) is 4.79 Å². The summed E-state index contributed by atoms with van der Waals surface area (Å²) in [4.78, 5) is 12.6. The number of carboxylic acid groups (broad SMARTS) is 1. The summed E-state index contributed by atoms with van der Waals surface area (Å²) in [5, 5.41) is 8.94. The summed E-state index contributed by atoms with van der Waals surface area (Å²) in [7, 11) is 0. The first kappa shape index (κ1) is 14.1. The number of carboxylic acids is 1. The molecule has 0 spiro atoms. The van der Waals surface area contributed by atoms with Crippen LogP contribution in [0.4, 0.5) is 10.1 Å². The minimum atomic E-state index is -0.795. The molecule has 1 aromatic rings. The Labute approximate surface area is 111 Å². The van der Waals surface area contributed by atoms with E-state index < -0.39 is 11.8 Å². The molecular weight excluding hydrogens is 265 g/mol. The molecule has 0 saturated carbocycles. The molecule has 0 aromatic heterocycles. The number of hydrogen-bond acceptors (Lipinski definition) is 2. The van der Waals surface area contributed by atoms with E-state index in [2.05, 4.69) is 0 Å². The van der Waals surface area contributed by atoms with E-state index in [4.69, 9.17) is 16.7 Å². The minimum Gasteiger partial charge on any atom is -0.481 e. The number of anilines is 1. The predicted octanol–water partition coefficient (Wildman–Crippen LogP) is 2.50. The number of nitrogens with zero attached hydrogens (tertiary/aromatic N) is 1. The van der Waals surface area contributed by atoms with Crippen LogP contribution in [0.3, 0.4) is 0 Å². The number of hydrogen-bond donors (Lipinski definition) is 1. The maximum absolute atomic E-state index is 13.2. The Morgan fingerprint density at radius 3 is 2.76 bits per heavy atom. The average Bonchev–Trinajstić information content (AvgIpc) is 2.71. The highest BCUT2D eigenvalue weighted by atomic mass is 35.5. The summed E-state index contributed by atoms with van der Waals surface area (Å²) < 4.78 is 13.2. The van der Waals surface area contributed by atoms with Gasteiger partial charge in [-0.2, -0.15) is 13.5 Å². The third-order valence-electron chi connectivity index (χ3n) is 2.81. The largest absolute Gasteiger partial charge is 0.481 e. The zero-order valence-electron chi connectivity index (χ0n) is 8.99. The van der Waals surface area contributed by atoms with E-state index >= 15 is 0 Å². The van der Waals surface area contributed by atoms with Crippen LogP contribution in [0.2, 0.25) is 5.02 Å². The number of halogens is 2. The zero-order chi connectivity index (χ0) is 11.7. The second-order valence-corrected chi connectivity index (χ2v) is 4.28. The highest BCUT2D eigenvalue weighted by Crippen LogP contribution is 2.27. The van der Waals surface area contributed by atoms with E-state index in [9.17, 15) is 9.18 Å². The fourth-order valence-electron chi connectivity index (χ4n) is 1.88. The van der Waals surface area contributed by atoms with Crippen LogP contribution in [-0.4, -0.2) is 24.2 Å². The van der Waals surface area contributed by atoms with Crippen molar-refractivity contribution in [3.8, 4) is 0 Å². The average molecular weight is 278 g/mol. The second kappa shape index (κ2) is 5.60. The Balaban J connectivity index is 0.00000144. The SMILES string of the molecule is O=C(O)[C@H]1CCN(c2ccc(Cl)c(F)c2)C1.S. The molecule has 0 amide bonds. The lowest BCUT2D eigenvalue weighted by atomic mass is 10.1. The van der Waals surface area contributed by atoms with Crippen molar-refractivity contribution >= 4 is 36.8 Å². The molecule has 1 N–H and O–H groups in total. The topological polar surface area (TPSA) is 40.5 Å². The smallest absolute Gasteiger partial charge is 0.308 e. The molecule has 0 radical (unpaired) electrons. The Morgan fingerprint density at radius 1 is 1.53 bits per heavy atom. The van der Waals surface area contributed by atoms with E-state index in [1.165, 1.54) is 12.1 Å². The van der Waals surface area contributed by atoms with Crippen molar-refractivity contribution in [2.75, 3.05) is 18.0 Å². The van der Waals surface area contributed by atoms with Crippen molar-refractivity contribution in [3.63, 3.8) is 0 Å². The van der Waals surface area contributed by atoms with Crippen LogP contribution in [0, 0.1) is 11.7 Å². The number of benzene rings is 1. The van der Waals surface area contributed by atoms with Crippen molar-refractivity contribution in [1.82, 2.24) is 0 Å². The molecule has 1 aromatic carbocycles. The number of carbonyl (C=O) groups is 1. The maximum Gasteiger partial charge on any atom is 0.308 e. The van der Waals surface area contributed by atoms with Gasteiger partial charge in [-0.1, -0.05) is 11.6 Å². The molecule has 3 nitrogen and oxygen atoms in total. The van der Waals surface area contributed by atoms with Crippen LogP contribution < -0.4 is 4.90 Å². The Kier molecular flexibility index (Phi) is 4.65. The summed E-state index contributed by atoms with van der Waals surface area (Å²) in [6, 6.07) is 4.53. The maximum atomic E-state index is 13.2. The molecule has 17 heavy (non-hydrogen) atoms. The quantitative estimate of drug-likeness (QED) is 0.903. The first-order valence-electron chi connectivity index (χ1n) is 5.00. The van der Waals surface area contributed by atoms with E-state index in [0.717, 1.165) is 0 Å². The van der Waals surface area contributed by atoms with Gasteiger partial charge in [-0.25, -0.2) is 4.39 Å². The van der Waals surface area contributed by atoms with Crippen molar-refractivity contribution in [2.45, 2.75) is 6.42 Å². The van der Waals surface area contributed by atoms with Gasteiger partial charge in [0.2, 0.25) is 0 Å². The van der Waals surface area contributed by atoms with Crippen LogP contribution in [0.25, 0.3) is 0 Å². The van der Waals surface area contributed by atoms with Gasteiger partial charge in [0.1, 0.15) is 5.82 Å². The molecule has 6 heteroatoms. The van der Waals surface area contributed by atoms with Crippen molar-refractivity contribution in [3.05, 3.63) is 29.0 Å². The second-order valence-electron chi connectivity index (χ2n) is 3.87. The van der Waals surface area contributed by atoms with E-state index in [0.29, 0.717) is 25.2 Å². The lowest BCUT2D eigenvalue weighted by Crippen LogP contribution is -2.22. The summed E-state index contributed by atoms with van der Waals surface area (Å²) in [6.07, 6.45) is 0.597. The summed E-state index contributed by atoms with van der Waals surface area (Å²) in [6.45, 7) is 1.06. The van der Waals surface area contributed by atoms with Gasteiger partial charge in [0.05, 0.1) is 10.9 Å². The highest BCUT2D eigenvalue weighted by molar-refractivity contribution is 7.59. The minimum absolute atomic E-state index is 0. The van der Waals surface area contributed by atoms with E-state index in [1.54, 1.807) is 6.07 Å². The van der Waals surface area contributed by atoms with Gasteiger partial charge in [0.15, 0.2) is 0 Å². The van der Waals surface area contributed by atoms with Crippen LogP contribution in [0.1, 0.15) is 6.42 Å². The molecule has 1 aliphatic heterocycles.